The second kappa shape index (κ2) is 5.68. The Balaban J connectivity index is 2.35. The Morgan fingerprint density at radius 1 is 1.21 bits per heavy atom. The molecule has 19 heavy (non-hydrogen) atoms. The Morgan fingerprint density at radius 2 is 1.89 bits per heavy atom. The zero-order valence-electron chi connectivity index (χ0n) is 11.0. The first-order valence-corrected chi connectivity index (χ1v) is 6.63. The summed E-state index contributed by atoms with van der Waals surface area (Å²) >= 11 is 5.90. The normalized spacial score (nSPS) is 14.4. The van der Waals surface area contributed by atoms with Gasteiger partial charge >= 0.3 is 0 Å². The largest absolute Gasteiger partial charge is 0.384 e. The Hall–Kier alpha value is -1.45. The average molecular weight is 277 g/mol. The topological polar surface area (TPSA) is 46.0 Å². The third kappa shape index (κ3) is 3.11. The van der Waals surface area contributed by atoms with Gasteiger partial charge < -0.3 is 5.11 Å². The van der Waals surface area contributed by atoms with Gasteiger partial charge in [0.25, 0.3) is 0 Å². The van der Waals surface area contributed by atoms with Gasteiger partial charge in [0.15, 0.2) is 0 Å². The molecular formula is C15H17ClN2O. The molecule has 0 saturated heterocycles. The van der Waals surface area contributed by atoms with E-state index in [-0.39, 0.29) is 5.92 Å². The summed E-state index contributed by atoms with van der Waals surface area (Å²) in [6, 6.07) is 7.30. The molecule has 2 rings (SSSR count). The van der Waals surface area contributed by atoms with Crippen molar-refractivity contribution >= 4 is 11.6 Å². The lowest BCUT2D eigenvalue weighted by atomic mass is 9.80. The zero-order valence-corrected chi connectivity index (χ0v) is 11.8. The minimum Gasteiger partial charge on any atom is -0.384 e. The van der Waals surface area contributed by atoms with Gasteiger partial charge in [-0.3, -0.25) is 9.97 Å². The fourth-order valence-electron chi connectivity index (χ4n) is 2.08. The summed E-state index contributed by atoms with van der Waals surface area (Å²) in [6.07, 6.45) is 5.38. The molecule has 0 aliphatic heterocycles. The fraction of sp³-hybridized carbons (Fsp3) is 0.333. The maximum atomic E-state index is 11.0. The molecule has 2 aromatic rings. The minimum atomic E-state index is -0.972. The first kappa shape index (κ1) is 14.0. The van der Waals surface area contributed by atoms with Gasteiger partial charge in [0, 0.05) is 30.0 Å². The van der Waals surface area contributed by atoms with Crippen LogP contribution in [0.3, 0.4) is 0 Å². The quantitative estimate of drug-likeness (QED) is 0.933. The second-order valence-corrected chi connectivity index (χ2v) is 5.40. The monoisotopic (exact) mass is 276 g/mol. The maximum Gasteiger partial charge on any atom is 0.0975 e. The Labute approximate surface area is 118 Å². The zero-order chi connectivity index (χ0) is 13.9. The molecule has 0 saturated carbocycles. The maximum absolute atomic E-state index is 11.0. The molecule has 0 aliphatic carbocycles. The van der Waals surface area contributed by atoms with Gasteiger partial charge in [-0.25, -0.2) is 0 Å². The lowest BCUT2D eigenvalue weighted by molar-refractivity contribution is -0.0109. The predicted molar refractivity (Wildman–Crippen MR) is 75.9 cm³/mol. The van der Waals surface area contributed by atoms with E-state index in [4.69, 9.17) is 11.6 Å². The van der Waals surface area contributed by atoms with Crippen molar-refractivity contribution in [2.24, 2.45) is 5.92 Å². The lowest BCUT2D eigenvalue weighted by Gasteiger charge is -2.32. The van der Waals surface area contributed by atoms with E-state index in [2.05, 4.69) is 9.97 Å². The lowest BCUT2D eigenvalue weighted by Crippen LogP contribution is -2.34. The first-order valence-electron chi connectivity index (χ1n) is 6.25. The molecule has 0 amide bonds. The highest BCUT2D eigenvalue weighted by Crippen LogP contribution is 2.33. The number of nitrogens with zero attached hydrogens (tertiary/aromatic N) is 2. The number of hydrogen-bond donors (Lipinski definition) is 1. The molecule has 1 unspecified atom stereocenters. The molecule has 0 fully saturated rings. The SMILES string of the molecule is CC(C)C(O)(Cc1cnccn1)c1ccc(Cl)cc1. The van der Waals surface area contributed by atoms with Crippen LogP contribution in [0, 0.1) is 5.92 Å². The first-order chi connectivity index (χ1) is 9.02. The molecule has 0 radical (unpaired) electrons. The number of benzene rings is 1. The molecule has 1 aromatic carbocycles. The highest BCUT2D eigenvalue weighted by atomic mass is 35.5. The third-order valence-electron chi connectivity index (χ3n) is 3.37. The van der Waals surface area contributed by atoms with Crippen LogP contribution in [0.5, 0.6) is 0 Å². The van der Waals surface area contributed by atoms with Gasteiger partial charge in [0.2, 0.25) is 0 Å². The highest BCUT2D eigenvalue weighted by Gasteiger charge is 2.33. The van der Waals surface area contributed by atoms with Crippen LogP contribution in [0.1, 0.15) is 25.1 Å². The van der Waals surface area contributed by atoms with Crippen molar-refractivity contribution in [2.45, 2.75) is 25.9 Å². The van der Waals surface area contributed by atoms with Crippen molar-refractivity contribution in [3.63, 3.8) is 0 Å². The molecule has 100 valence electrons. The molecular weight excluding hydrogens is 260 g/mol. The minimum absolute atomic E-state index is 0.0516. The molecule has 1 atom stereocenters. The van der Waals surface area contributed by atoms with Crippen molar-refractivity contribution in [1.82, 2.24) is 9.97 Å². The standard InChI is InChI=1S/C15H17ClN2O/c1-11(2)15(19,9-14-10-17-7-8-18-14)12-3-5-13(16)6-4-12/h3-8,10-11,19H,9H2,1-2H3. The van der Waals surface area contributed by atoms with Gasteiger partial charge in [0.1, 0.15) is 0 Å². The van der Waals surface area contributed by atoms with Crippen molar-refractivity contribution < 1.29 is 5.11 Å². The summed E-state index contributed by atoms with van der Waals surface area (Å²) in [5.41, 5.74) is 0.645. The van der Waals surface area contributed by atoms with E-state index in [9.17, 15) is 5.11 Å². The van der Waals surface area contributed by atoms with Crippen LogP contribution in [0.2, 0.25) is 5.02 Å². The van der Waals surface area contributed by atoms with E-state index in [1.54, 1.807) is 30.7 Å². The average Bonchev–Trinajstić information content (AvgIpc) is 2.40. The predicted octanol–water partition coefficient (Wildman–Crippen LogP) is 3.22. The third-order valence-corrected chi connectivity index (χ3v) is 3.62. The fourth-order valence-corrected chi connectivity index (χ4v) is 2.20. The van der Waals surface area contributed by atoms with E-state index in [1.807, 2.05) is 26.0 Å². The molecule has 1 heterocycles. The van der Waals surface area contributed by atoms with Gasteiger partial charge in [-0.05, 0) is 23.6 Å². The molecule has 1 aromatic heterocycles. The highest BCUT2D eigenvalue weighted by molar-refractivity contribution is 6.30. The van der Waals surface area contributed by atoms with Gasteiger partial charge in [-0.1, -0.05) is 37.6 Å². The summed E-state index contributed by atoms with van der Waals surface area (Å²) in [7, 11) is 0. The Kier molecular flexibility index (Phi) is 4.17. The number of halogens is 1. The molecule has 0 bridgehead atoms. The van der Waals surface area contributed by atoms with Crippen LogP contribution in [0.15, 0.2) is 42.9 Å². The van der Waals surface area contributed by atoms with Crippen molar-refractivity contribution in [3.05, 3.63) is 59.1 Å². The summed E-state index contributed by atoms with van der Waals surface area (Å²) in [5, 5.41) is 11.7. The number of aromatic nitrogens is 2. The van der Waals surface area contributed by atoms with E-state index in [0.29, 0.717) is 11.4 Å². The van der Waals surface area contributed by atoms with Gasteiger partial charge in [-0.15, -0.1) is 0 Å². The van der Waals surface area contributed by atoms with E-state index >= 15 is 0 Å². The van der Waals surface area contributed by atoms with Crippen LogP contribution in [-0.2, 0) is 12.0 Å². The van der Waals surface area contributed by atoms with Gasteiger partial charge in [0.05, 0.1) is 11.3 Å². The van der Waals surface area contributed by atoms with Crippen LogP contribution >= 0.6 is 11.6 Å². The van der Waals surface area contributed by atoms with E-state index in [0.717, 1.165) is 11.3 Å². The number of rotatable bonds is 4. The summed E-state index contributed by atoms with van der Waals surface area (Å²) in [6.45, 7) is 3.98. The Morgan fingerprint density at radius 3 is 2.42 bits per heavy atom. The van der Waals surface area contributed by atoms with Gasteiger partial charge in [-0.2, -0.15) is 0 Å². The van der Waals surface area contributed by atoms with Crippen molar-refractivity contribution in [2.75, 3.05) is 0 Å². The summed E-state index contributed by atoms with van der Waals surface area (Å²) in [4.78, 5) is 8.28. The molecule has 0 aliphatic rings. The molecule has 0 spiro atoms. The van der Waals surface area contributed by atoms with Crippen LogP contribution < -0.4 is 0 Å². The van der Waals surface area contributed by atoms with Crippen molar-refractivity contribution in [3.8, 4) is 0 Å². The van der Waals surface area contributed by atoms with E-state index in [1.165, 1.54) is 0 Å². The van der Waals surface area contributed by atoms with Crippen LogP contribution in [0.4, 0.5) is 0 Å². The second-order valence-electron chi connectivity index (χ2n) is 4.96. The molecule has 1 N–H and O–H groups in total. The van der Waals surface area contributed by atoms with E-state index < -0.39 is 5.60 Å². The smallest absolute Gasteiger partial charge is 0.0975 e. The summed E-state index contributed by atoms with van der Waals surface area (Å²) < 4.78 is 0. The molecule has 4 heteroatoms. The number of hydrogen-bond acceptors (Lipinski definition) is 3. The summed E-state index contributed by atoms with van der Waals surface area (Å²) in [5.74, 6) is 0.0516. The van der Waals surface area contributed by atoms with Crippen LogP contribution in [0.25, 0.3) is 0 Å². The van der Waals surface area contributed by atoms with Crippen molar-refractivity contribution in [1.29, 1.82) is 0 Å². The Bertz CT molecular complexity index is 528. The van der Waals surface area contributed by atoms with Crippen LogP contribution in [-0.4, -0.2) is 15.1 Å². The number of aliphatic hydroxyl groups is 1. The molecule has 3 nitrogen and oxygen atoms in total.